The van der Waals surface area contributed by atoms with Crippen molar-refractivity contribution in [2.45, 2.75) is 64.2 Å². The van der Waals surface area contributed by atoms with Crippen LogP contribution >= 0.6 is 11.8 Å². The van der Waals surface area contributed by atoms with E-state index in [1.54, 1.807) is 0 Å². The van der Waals surface area contributed by atoms with Gasteiger partial charge in [-0.05, 0) is 44.2 Å². The Hall–Kier alpha value is -1.82. The van der Waals surface area contributed by atoms with Crippen molar-refractivity contribution in [3.05, 3.63) is 34.6 Å². The minimum atomic E-state index is -0.0333. The van der Waals surface area contributed by atoms with Gasteiger partial charge in [0.05, 0.1) is 16.7 Å². The predicted molar refractivity (Wildman–Crippen MR) is 111 cm³/mol. The van der Waals surface area contributed by atoms with Crippen LogP contribution in [0.2, 0.25) is 0 Å². The van der Waals surface area contributed by atoms with Gasteiger partial charge in [-0.25, -0.2) is 4.98 Å². The van der Waals surface area contributed by atoms with Crippen molar-refractivity contribution >= 4 is 28.6 Å². The van der Waals surface area contributed by atoms with Crippen LogP contribution in [0.4, 0.5) is 0 Å². The highest BCUT2D eigenvalue weighted by Gasteiger charge is 2.31. The third-order valence-electron chi connectivity index (χ3n) is 5.55. The molecule has 1 heterocycles. The van der Waals surface area contributed by atoms with Crippen molar-refractivity contribution in [2.75, 3.05) is 5.75 Å². The number of carbonyl (C=O) groups is 1. The van der Waals surface area contributed by atoms with Gasteiger partial charge in [0.2, 0.25) is 5.91 Å². The third-order valence-corrected chi connectivity index (χ3v) is 6.51. The molecule has 146 valence electrons. The number of thioether (sulfide) groups is 1. The molecule has 0 aliphatic heterocycles. The van der Waals surface area contributed by atoms with E-state index < -0.39 is 0 Å². The summed E-state index contributed by atoms with van der Waals surface area (Å²) < 4.78 is 1.87. The molecule has 27 heavy (non-hydrogen) atoms. The zero-order chi connectivity index (χ0) is 19.6. The van der Waals surface area contributed by atoms with E-state index in [4.69, 9.17) is 4.98 Å². The molecule has 1 aliphatic rings. The van der Waals surface area contributed by atoms with Crippen molar-refractivity contribution in [2.24, 2.45) is 11.8 Å². The van der Waals surface area contributed by atoms with Crippen LogP contribution in [0.1, 0.15) is 53.0 Å². The summed E-state index contributed by atoms with van der Waals surface area (Å²) in [5.74, 6) is 1.21. The molecule has 1 saturated carbocycles. The van der Waals surface area contributed by atoms with E-state index in [-0.39, 0.29) is 29.3 Å². The number of nitrogens with one attached hydrogen (secondary N) is 1. The molecule has 0 spiro atoms. The van der Waals surface area contributed by atoms with Crippen molar-refractivity contribution in [3.63, 3.8) is 0 Å². The molecule has 1 aromatic heterocycles. The maximum absolute atomic E-state index is 13.3. The minimum absolute atomic E-state index is 0.0123. The summed E-state index contributed by atoms with van der Waals surface area (Å²) in [6.07, 6.45) is 3.30. The number of rotatable bonds is 5. The topological polar surface area (TPSA) is 64.0 Å². The predicted octanol–water partition coefficient (Wildman–Crippen LogP) is 4.01. The highest BCUT2D eigenvalue weighted by Crippen LogP contribution is 2.38. The molecule has 0 bridgehead atoms. The van der Waals surface area contributed by atoms with E-state index in [9.17, 15) is 9.59 Å². The second-order valence-corrected chi connectivity index (χ2v) is 8.87. The number of amides is 1. The van der Waals surface area contributed by atoms with E-state index in [0.717, 1.165) is 12.8 Å². The zero-order valence-corrected chi connectivity index (χ0v) is 17.4. The lowest BCUT2D eigenvalue weighted by atomic mass is 9.78. The van der Waals surface area contributed by atoms with Crippen LogP contribution in [0, 0.1) is 11.8 Å². The molecule has 1 fully saturated rings. The van der Waals surface area contributed by atoms with Crippen molar-refractivity contribution in [3.8, 4) is 0 Å². The first-order valence-electron chi connectivity index (χ1n) is 9.82. The molecule has 1 amide bonds. The molecule has 0 saturated heterocycles. The molecule has 3 atom stereocenters. The molecule has 0 unspecified atom stereocenters. The van der Waals surface area contributed by atoms with Crippen LogP contribution < -0.4 is 10.9 Å². The highest BCUT2D eigenvalue weighted by atomic mass is 32.2. The Morgan fingerprint density at radius 1 is 1.30 bits per heavy atom. The minimum Gasteiger partial charge on any atom is -0.353 e. The van der Waals surface area contributed by atoms with Gasteiger partial charge in [0.1, 0.15) is 0 Å². The number of carbonyl (C=O) groups excluding carboxylic acids is 1. The quantitative estimate of drug-likeness (QED) is 0.622. The highest BCUT2D eigenvalue weighted by molar-refractivity contribution is 7.99. The van der Waals surface area contributed by atoms with Crippen LogP contribution in [-0.2, 0) is 4.79 Å². The van der Waals surface area contributed by atoms with E-state index in [1.807, 2.05) is 42.7 Å². The van der Waals surface area contributed by atoms with Gasteiger partial charge in [-0.3, -0.25) is 14.2 Å². The van der Waals surface area contributed by atoms with Gasteiger partial charge in [-0.2, -0.15) is 0 Å². The van der Waals surface area contributed by atoms with E-state index in [0.29, 0.717) is 27.9 Å². The number of benzene rings is 1. The van der Waals surface area contributed by atoms with E-state index in [1.165, 1.54) is 18.2 Å². The van der Waals surface area contributed by atoms with Crippen molar-refractivity contribution in [1.82, 2.24) is 14.9 Å². The molecular weight excluding hydrogens is 358 g/mol. The summed E-state index contributed by atoms with van der Waals surface area (Å²) in [6, 6.07) is 7.72. The van der Waals surface area contributed by atoms with Crippen LogP contribution in [0.3, 0.4) is 0 Å². The van der Waals surface area contributed by atoms with Gasteiger partial charge < -0.3 is 5.32 Å². The van der Waals surface area contributed by atoms with Crippen LogP contribution in [0.25, 0.3) is 10.9 Å². The fraction of sp³-hybridized carbons (Fsp3) is 0.571. The third kappa shape index (κ3) is 4.37. The van der Waals surface area contributed by atoms with Crippen LogP contribution in [-0.4, -0.2) is 27.3 Å². The van der Waals surface area contributed by atoms with E-state index >= 15 is 0 Å². The SMILES string of the molecule is CC(C)NC(=O)CSc1nc2ccccc2c(=O)n1[C@H]1CCC[C@@H](C)[C@H]1C. The van der Waals surface area contributed by atoms with Gasteiger partial charge in [0.25, 0.3) is 5.56 Å². The largest absolute Gasteiger partial charge is 0.353 e. The Balaban J connectivity index is 2.02. The van der Waals surface area contributed by atoms with Crippen LogP contribution in [0.5, 0.6) is 0 Å². The summed E-state index contributed by atoms with van der Waals surface area (Å²) >= 11 is 1.36. The Labute approximate surface area is 164 Å². The number of aromatic nitrogens is 2. The molecule has 1 N–H and O–H groups in total. The molecule has 1 aromatic carbocycles. The molecule has 6 heteroatoms. The molecule has 0 radical (unpaired) electrons. The summed E-state index contributed by atoms with van der Waals surface area (Å²) in [5.41, 5.74) is 0.709. The standard InChI is InChI=1S/C21H29N3O2S/c1-13(2)22-19(25)12-27-21-23-17-10-6-5-9-16(17)20(26)24(21)18-11-7-8-14(3)15(18)4/h5-6,9-10,13-15,18H,7-8,11-12H2,1-4H3,(H,22,25)/t14-,15-,18+/m1/s1. The number of nitrogens with zero attached hydrogens (tertiary/aromatic N) is 2. The Morgan fingerprint density at radius 2 is 2.04 bits per heavy atom. The normalized spacial score (nSPS) is 22.9. The van der Waals surface area contributed by atoms with Gasteiger partial charge in [0.15, 0.2) is 5.16 Å². The fourth-order valence-corrected chi connectivity index (χ4v) is 4.80. The average molecular weight is 388 g/mol. The monoisotopic (exact) mass is 387 g/mol. The van der Waals surface area contributed by atoms with Crippen molar-refractivity contribution < 1.29 is 4.79 Å². The second-order valence-electron chi connectivity index (χ2n) is 7.93. The first-order valence-corrected chi connectivity index (χ1v) is 10.8. The van der Waals surface area contributed by atoms with Gasteiger partial charge in [-0.1, -0.05) is 50.6 Å². The number of hydrogen-bond acceptors (Lipinski definition) is 4. The number of para-hydroxylation sites is 1. The van der Waals surface area contributed by atoms with Crippen molar-refractivity contribution in [1.29, 1.82) is 0 Å². The summed E-state index contributed by atoms with van der Waals surface area (Å²) in [5, 5.41) is 4.21. The lowest BCUT2D eigenvalue weighted by Crippen LogP contribution is -2.36. The Morgan fingerprint density at radius 3 is 2.78 bits per heavy atom. The maximum atomic E-state index is 13.3. The Kier molecular flexibility index (Phi) is 6.25. The first-order chi connectivity index (χ1) is 12.9. The molecular formula is C21H29N3O2S. The van der Waals surface area contributed by atoms with Crippen LogP contribution in [0.15, 0.2) is 34.2 Å². The lowest BCUT2D eigenvalue weighted by molar-refractivity contribution is -0.119. The van der Waals surface area contributed by atoms with Gasteiger partial charge in [-0.15, -0.1) is 0 Å². The average Bonchev–Trinajstić information content (AvgIpc) is 2.62. The summed E-state index contributed by atoms with van der Waals surface area (Å²) in [6.45, 7) is 8.38. The van der Waals surface area contributed by atoms with Gasteiger partial charge in [0, 0.05) is 12.1 Å². The smallest absolute Gasteiger partial charge is 0.262 e. The van der Waals surface area contributed by atoms with E-state index in [2.05, 4.69) is 19.2 Å². The number of hydrogen-bond donors (Lipinski definition) is 1. The lowest BCUT2D eigenvalue weighted by Gasteiger charge is -2.36. The Bertz CT molecular complexity index is 877. The zero-order valence-electron chi connectivity index (χ0n) is 16.6. The summed E-state index contributed by atoms with van der Waals surface area (Å²) in [4.78, 5) is 30.2. The second kappa shape index (κ2) is 8.46. The summed E-state index contributed by atoms with van der Waals surface area (Å²) in [7, 11) is 0. The maximum Gasteiger partial charge on any atom is 0.262 e. The molecule has 1 aliphatic carbocycles. The molecule has 2 aromatic rings. The van der Waals surface area contributed by atoms with Gasteiger partial charge >= 0.3 is 0 Å². The fourth-order valence-electron chi connectivity index (χ4n) is 3.93. The molecule has 3 rings (SSSR count). The molecule has 5 nitrogen and oxygen atoms in total. The number of fused-ring (bicyclic) bond motifs is 1. The first kappa shape index (κ1) is 19.9.